The molecule has 0 fully saturated rings. The van der Waals surface area contributed by atoms with E-state index in [9.17, 15) is 0 Å². The minimum absolute atomic E-state index is 0.404. The van der Waals surface area contributed by atoms with Gasteiger partial charge in [0, 0.05) is 5.92 Å². The van der Waals surface area contributed by atoms with Crippen LogP contribution < -0.4 is 0 Å². The van der Waals surface area contributed by atoms with E-state index < -0.39 is 0 Å². The van der Waals surface area contributed by atoms with Gasteiger partial charge in [-0.1, -0.05) is 176 Å². The molecule has 5 aliphatic carbocycles. The summed E-state index contributed by atoms with van der Waals surface area (Å²) in [6.45, 7) is 13.3. The van der Waals surface area contributed by atoms with Crippen molar-refractivity contribution in [2.24, 2.45) is 23.7 Å². The van der Waals surface area contributed by atoms with Crippen LogP contribution in [0.15, 0.2) is 158 Å². The molecule has 12 rings (SSSR count). The monoisotopic (exact) mass is 776 g/mol. The van der Waals surface area contributed by atoms with E-state index >= 15 is 0 Å². The molecule has 296 valence electrons. The van der Waals surface area contributed by atoms with Crippen LogP contribution in [-0.4, -0.2) is 0 Å². The minimum Gasteiger partial charge on any atom is -0.0842 e. The molecule has 3 unspecified atom stereocenters. The molecular formula is C60H56. The number of hydrogen-bond acceptors (Lipinski definition) is 0. The molecule has 2 bridgehead atoms. The van der Waals surface area contributed by atoms with Crippen LogP contribution in [0.4, 0.5) is 0 Å². The zero-order valence-electron chi connectivity index (χ0n) is 36.1. The van der Waals surface area contributed by atoms with Crippen molar-refractivity contribution in [2.75, 3.05) is 0 Å². The van der Waals surface area contributed by atoms with Crippen LogP contribution in [0.3, 0.4) is 0 Å². The first-order valence-electron chi connectivity index (χ1n) is 22.7. The Balaban J connectivity index is 0.000000501. The molecule has 60 heavy (non-hydrogen) atoms. The van der Waals surface area contributed by atoms with Gasteiger partial charge < -0.3 is 0 Å². The maximum Gasteiger partial charge on any atom is 0.0136 e. The second-order valence-corrected chi connectivity index (χ2v) is 18.0. The molecule has 0 heterocycles. The quantitative estimate of drug-likeness (QED) is 0.157. The summed E-state index contributed by atoms with van der Waals surface area (Å²) in [4.78, 5) is 0. The van der Waals surface area contributed by atoms with E-state index in [2.05, 4.69) is 199 Å². The van der Waals surface area contributed by atoms with Crippen molar-refractivity contribution in [3.8, 4) is 33.4 Å². The Morgan fingerprint density at radius 2 is 1.05 bits per heavy atom. The largest absolute Gasteiger partial charge is 0.0842 e. The number of fused-ring (bicyclic) bond motifs is 12. The molecule has 3 atom stereocenters. The van der Waals surface area contributed by atoms with Crippen LogP contribution >= 0.6 is 0 Å². The van der Waals surface area contributed by atoms with Crippen LogP contribution in [-0.2, 0) is 0 Å². The fourth-order valence-corrected chi connectivity index (χ4v) is 10.5. The highest BCUT2D eigenvalue weighted by atomic mass is 14.4. The highest BCUT2D eigenvalue weighted by molar-refractivity contribution is 6.27. The van der Waals surface area contributed by atoms with Gasteiger partial charge in [-0.3, -0.25) is 0 Å². The molecule has 7 aromatic rings. The summed E-state index contributed by atoms with van der Waals surface area (Å²) in [6, 6.07) is 39.9. The maximum atomic E-state index is 2.58. The molecule has 0 saturated carbocycles. The molecule has 7 aromatic carbocycles. The summed E-state index contributed by atoms with van der Waals surface area (Å²) >= 11 is 0. The van der Waals surface area contributed by atoms with Crippen molar-refractivity contribution in [3.63, 3.8) is 0 Å². The van der Waals surface area contributed by atoms with Crippen molar-refractivity contribution >= 4 is 59.8 Å². The summed E-state index contributed by atoms with van der Waals surface area (Å²) in [5.74, 6) is 2.25. The first kappa shape index (κ1) is 38.2. The number of allylic oxidation sites excluding steroid dienone is 12. The van der Waals surface area contributed by atoms with Crippen molar-refractivity contribution in [3.05, 3.63) is 175 Å². The third-order valence-electron chi connectivity index (χ3n) is 13.7. The van der Waals surface area contributed by atoms with Gasteiger partial charge in [0.25, 0.3) is 0 Å². The molecular weight excluding hydrogens is 721 g/mol. The molecule has 0 N–H and O–H groups in total. The number of rotatable bonds is 3. The Hall–Kier alpha value is -5.98. The molecule has 5 aliphatic rings. The van der Waals surface area contributed by atoms with Crippen molar-refractivity contribution < 1.29 is 0 Å². The Morgan fingerprint density at radius 1 is 0.533 bits per heavy atom. The zero-order valence-corrected chi connectivity index (χ0v) is 36.1. The van der Waals surface area contributed by atoms with E-state index in [4.69, 9.17) is 0 Å². The normalized spacial score (nSPS) is 18.9. The Kier molecular flexibility index (Phi) is 9.92. The van der Waals surface area contributed by atoms with E-state index in [1.54, 1.807) is 0 Å². The topological polar surface area (TPSA) is 0 Å². The Labute approximate surface area is 357 Å². The van der Waals surface area contributed by atoms with Gasteiger partial charge >= 0.3 is 0 Å². The first-order chi connectivity index (χ1) is 29.4. The average Bonchev–Trinajstić information content (AvgIpc) is 3.61. The van der Waals surface area contributed by atoms with Gasteiger partial charge in [0.15, 0.2) is 0 Å². The molecule has 0 radical (unpaired) electrons. The fourth-order valence-electron chi connectivity index (χ4n) is 10.5. The van der Waals surface area contributed by atoms with Crippen LogP contribution in [0.2, 0.25) is 0 Å². The lowest BCUT2D eigenvalue weighted by molar-refractivity contribution is 0.457. The van der Waals surface area contributed by atoms with Crippen LogP contribution in [0.1, 0.15) is 83.9 Å². The molecule has 0 saturated heterocycles. The smallest absolute Gasteiger partial charge is 0.0136 e. The molecule has 0 aromatic heterocycles. The second kappa shape index (κ2) is 15.6. The minimum atomic E-state index is 0.404. The lowest BCUT2D eigenvalue weighted by atomic mass is 9.79. The number of benzene rings is 7. The van der Waals surface area contributed by atoms with Gasteiger partial charge in [-0.05, 0) is 177 Å². The van der Waals surface area contributed by atoms with Gasteiger partial charge in [-0.15, -0.1) is 0 Å². The molecule has 0 nitrogen and oxygen atoms in total. The molecule has 0 aliphatic heterocycles. The second-order valence-electron chi connectivity index (χ2n) is 18.0. The summed E-state index contributed by atoms with van der Waals surface area (Å²) in [5, 5.41) is 10.8. The van der Waals surface area contributed by atoms with Crippen LogP contribution in [0, 0.1) is 23.7 Å². The Morgan fingerprint density at radius 3 is 1.63 bits per heavy atom. The van der Waals surface area contributed by atoms with E-state index in [0.717, 1.165) is 18.8 Å². The van der Waals surface area contributed by atoms with Crippen LogP contribution in [0.25, 0.3) is 93.2 Å². The summed E-state index contributed by atoms with van der Waals surface area (Å²) in [6.07, 6.45) is 25.9. The van der Waals surface area contributed by atoms with Crippen molar-refractivity contribution in [1.82, 2.24) is 0 Å². The van der Waals surface area contributed by atoms with Gasteiger partial charge in [-0.25, -0.2) is 0 Å². The SMILES string of the molecule is CC1C2C=CC=C3c4cc5c(C6=CC=CCC6)cc6c7cc8c(cc7c(-c7ccccc7)cc6c5cc4C(=CC=C2)C31)-c1cccc2cccc-8c12.CCC.CCC(C)C. The molecule has 0 amide bonds. The lowest BCUT2D eigenvalue weighted by Crippen LogP contribution is -2.15. The fraction of sp³-hybridized carbons (Fsp3) is 0.233. The summed E-state index contributed by atoms with van der Waals surface area (Å²) < 4.78 is 0. The van der Waals surface area contributed by atoms with E-state index in [-0.39, 0.29) is 0 Å². The highest BCUT2D eigenvalue weighted by Gasteiger charge is 2.39. The predicted molar refractivity (Wildman–Crippen MR) is 264 cm³/mol. The lowest BCUT2D eigenvalue weighted by Gasteiger charge is -2.24. The van der Waals surface area contributed by atoms with E-state index in [1.165, 1.54) is 123 Å². The maximum absolute atomic E-state index is 2.58. The predicted octanol–water partition coefficient (Wildman–Crippen LogP) is 17.6. The summed E-state index contributed by atoms with van der Waals surface area (Å²) in [5.41, 5.74) is 16.5. The average molecular weight is 777 g/mol. The number of hydrogen-bond donors (Lipinski definition) is 0. The highest BCUT2D eigenvalue weighted by Crippen LogP contribution is 2.56. The third-order valence-corrected chi connectivity index (χ3v) is 13.7. The standard InChI is InChI=1S/C52H36.C5H12.C3H8/c1-30-31-16-8-20-35-41-26-45-39(32-12-4-2-5-13-32)24-48-47(49(45)28-42(41)36(51(30)35)21-9-17-31)25-40(33-14-6-3-7-15-33)46-27-43-37-22-10-18-34-19-11-23-38(52(34)37)44(43)29-50(46)48;1-4-5(2)3;1-3-2/h2-4,6-12,14-31,51H,5,13H2,1H3;5H,4H2,1-3H3;3H2,1-2H3. The van der Waals surface area contributed by atoms with E-state index in [1.807, 2.05) is 0 Å². The molecule has 0 heteroatoms. The van der Waals surface area contributed by atoms with Gasteiger partial charge in [0.05, 0.1) is 0 Å². The van der Waals surface area contributed by atoms with Crippen LogP contribution in [0.5, 0.6) is 0 Å². The first-order valence-corrected chi connectivity index (χ1v) is 22.7. The van der Waals surface area contributed by atoms with E-state index in [0.29, 0.717) is 17.8 Å². The van der Waals surface area contributed by atoms with Gasteiger partial charge in [0.1, 0.15) is 0 Å². The van der Waals surface area contributed by atoms with Crippen molar-refractivity contribution in [2.45, 2.75) is 67.2 Å². The molecule has 0 spiro atoms. The van der Waals surface area contributed by atoms with Gasteiger partial charge in [0.2, 0.25) is 0 Å². The summed E-state index contributed by atoms with van der Waals surface area (Å²) in [7, 11) is 0. The zero-order chi connectivity index (χ0) is 41.1. The Bertz CT molecular complexity index is 3040. The van der Waals surface area contributed by atoms with Crippen molar-refractivity contribution in [1.29, 1.82) is 0 Å². The van der Waals surface area contributed by atoms with Gasteiger partial charge in [-0.2, -0.15) is 0 Å². The third kappa shape index (κ3) is 6.18.